The summed E-state index contributed by atoms with van der Waals surface area (Å²) in [5.41, 5.74) is 20.6. The minimum absolute atomic E-state index is 0.514. The zero-order chi connectivity index (χ0) is 78.6. The molecule has 4 nitrogen and oxygen atoms in total. The highest BCUT2D eigenvalue weighted by molar-refractivity contribution is 14.1. The van der Waals surface area contributed by atoms with Crippen LogP contribution in [-0.4, -0.2) is 34.3 Å². The van der Waals surface area contributed by atoms with Crippen LogP contribution in [0.4, 0.5) is 0 Å². The second-order valence-corrected chi connectivity index (χ2v) is 31.4. The average Bonchev–Trinajstić information content (AvgIpc) is 0.775. The number of halogens is 3. The Kier molecular flexibility index (Phi) is 24.0. The molecule has 550 valence electrons. The molecule has 0 saturated carbocycles. The van der Waals surface area contributed by atoms with Gasteiger partial charge in [0.25, 0.3) is 0 Å². The van der Waals surface area contributed by atoms with Gasteiger partial charge in [0.1, 0.15) is 0 Å². The largest absolute Gasteiger partial charge is 0.489 e. The van der Waals surface area contributed by atoms with Gasteiger partial charge in [0.2, 0.25) is 0 Å². The summed E-state index contributed by atoms with van der Waals surface area (Å²) in [6.45, 7) is 0. The first kappa shape index (κ1) is 76.8. The predicted molar refractivity (Wildman–Crippen MR) is 506 cm³/mol. The van der Waals surface area contributed by atoms with Crippen molar-refractivity contribution in [1.82, 2.24) is 0 Å². The van der Waals surface area contributed by atoms with Gasteiger partial charge < -0.3 is 20.1 Å². The Bertz CT molecular complexity index is 6790. The molecule has 0 heterocycles. The van der Waals surface area contributed by atoms with Crippen LogP contribution in [0.1, 0.15) is 0 Å². The molecule has 0 bridgehead atoms. The van der Waals surface area contributed by atoms with Gasteiger partial charge in [-0.1, -0.05) is 384 Å². The summed E-state index contributed by atoms with van der Waals surface area (Å²) in [7, 11) is -2.89. The van der Waals surface area contributed by atoms with Gasteiger partial charge >= 0.3 is 14.2 Å². The van der Waals surface area contributed by atoms with Crippen LogP contribution in [0.5, 0.6) is 0 Å². The smallest absolute Gasteiger partial charge is 0.423 e. The maximum absolute atomic E-state index is 9.58. The molecule has 9 heteroatoms. The lowest BCUT2D eigenvalue weighted by molar-refractivity contribution is 0.424. The molecule has 0 aliphatic heterocycles. The predicted octanol–water partition coefficient (Wildman–Crippen LogP) is 27.3. The van der Waals surface area contributed by atoms with Crippen molar-refractivity contribution >= 4 is 155 Å². The average molecular weight is 1720 g/mol. The third kappa shape index (κ3) is 18.3. The summed E-state index contributed by atoms with van der Waals surface area (Å²) in [5, 5.41) is 54.0. The molecule has 0 amide bonds. The van der Waals surface area contributed by atoms with Crippen molar-refractivity contribution in [2.24, 2.45) is 0 Å². The quantitative estimate of drug-likeness (QED) is 0.0812. The Morgan fingerprint density at radius 3 is 0.817 bits per heavy atom. The number of rotatable bonds is 10. The molecule has 0 aromatic heterocycles. The zero-order valence-corrected chi connectivity index (χ0v) is 67.9. The number of hydrogen-bond donors (Lipinski definition) is 4. The first-order valence-corrected chi connectivity index (χ1v) is 40.8. The van der Waals surface area contributed by atoms with Crippen molar-refractivity contribution in [2.75, 3.05) is 0 Å². The molecule has 20 aromatic rings. The normalized spacial score (nSPS) is 10.9. The highest BCUT2D eigenvalue weighted by atomic mass is 127. The van der Waals surface area contributed by atoms with Crippen LogP contribution in [0.2, 0.25) is 0 Å². The van der Waals surface area contributed by atoms with E-state index in [0.717, 1.165) is 47.2 Å². The maximum Gasteiger partial charge on any atom is 0.489 e. The standard InChI is InChI=1S/C42H28.C22H15Br.C20H15BO2.C16H13BO2.C6H4BrI/c1-2-8-29(9-3-1)34-19-21-37-27-35(20-22-36(37)26-34)31-14-17-32(18-15-31)39-24-25-40(42-13-7-6-12-41(39)42)38-23-16-30-10-4-5-11-33(30)28-38;23-22-12-10-17(11-13-22)19-7-9-20-14-18(6-8-21(20)15-19)16-4-2-1-3-5-16;22-21(23)20-12-11-17(18-7-3-4-8-19(18)20)16-10-9-14-5-1-2-6-15(14)13-16;18-17(19)16-9-8-14-10-13(6-7-15(14)11-16)12-4-2-1-3-5-12;7-5-1-3-6(8)4-2-5/h1-28H;1-15H;1-13,22-23H;1-11,18-19H;1-4H. The zero-order valence-electron chi connectivity index (χ0n) is 62.6. The highest BCUT2D eigenvalue weighted by Gasteiger charge is 2.18. The van der Waals surface area contributed by atoms with E-state index in [1.54, 1.807) is 18.2 Å². The number of fused-ring (bicyclic) bond motifs is 7. The van der Waals surface area contributed by atoms with Crippen molar-refractivity contribution in [3.8, 4) is 89.0 Å². The third-order valence-corrected chi connectivity index (χ3v) is 22.7. The summed E-state index contributed by atoms with van der Waals surface area (Å²) in [5.74, 6) is 0. The Morgan fingerprint density at radius 2 is 0.435 bits per heavy atom. The SMILES string of the molecule is Brc1ccc(-c2ccc3cc(-c4ccccc4)ccc3c2)cc1.Brc1ccc(I)cc1.OB(O)c1ccc(-c2ccc3ccccc3c2)c2ccccc12.OB(O)c1ccc2cc(-c3ccccc3)ccc2c1.c1ccc(-c2ccc3cc(-c4ccc(-c5ccc(-c6ccc7ccccc7c6)c6ccccc56)cc4)ccc3c2)cc1. The molecule has 20 rings (SSSR count). The fourth-order valence-electron chi connectivity index (χ4n) is 14.9. The molecule has 0 spiro atoms. The summed E-state index contributed by atoms with van der Waals surface area (Å²) >= 11 is 9.11. The molecule has 20 aromatic carbocycles. The van der Waals surface area contributed by atoms with Crippen molar-refractivity contribution in [2.45, 2.75) is 0 Å². The summed E-state index contributed by atoms with van der Waals surface area (Å²) in [6.07, 6.45) is 0. The van der Waals surface area contributed by atoms with E-state index in [0.29, 0.717) is 10.9 Å². The monoisotopic (exact) mass is 1720 g/mol. The molecule has 0 aliphatic rings. The van der Waals surface area contributed by atoms with Crippen LogP contribution in [0, 0.1) is 3.57 Å². The molecule has 115 heavy (non-hydrogen) atoms. The van der Waals surface area contributed by atoms with Gasteiger partial charge in [0.15, 0.2) is 0 Å². The van der Waals surface area contributed by atoms with E-state index in [9.17, 15) is 20.1 Å². The van der Waals surface area contributed by atoms with Crippen molar-refractivity contribution in [3.63, 3.8) is 0 Å². The highest BCUT2D eigenvalue weighted by Crippen LogP contribution is 2.39. The van der Waals surface area contributed by atoms with Gasteiger partial charge in [-0.2, -0.15) is 0 Å². The molecular weight excluding hydrogens is 1650 g/mol. The van der Waals surface area contributed by atoms with Crippen molar-refractivity contribution in [1.29, 1.82) is 0 Å². The van der Waals surface area contributed by atoms with E-state index in [-0.39, 0.29) is 0 Å². The van der Waals surface area contributed by atoms with Gasteiger partial charge in [-0.15, -0.1) is 0 Å². The van der Waals surface area contributed by atoms with E-state index < -0.39 is 14.2 Å². The summed E-state index contributed by atoms with van der Waals surface area (Å²) in [4.78, 5) is 0. The molecule has 0 radical (unpaired) electrons. The van der Waals surface area contributed by atoms with Crippen LogP contribution >= 0.6 is 54.5 Å². The second-order valence-electron chi connectivity index (χ2n) is 28.3. The summed E-state index contributed by atoms with van der Waals surface area (Å²) in [6, 6.07) is 150. The van der Waals surface area contributed by atoms with Gasteiger partial charge in [-0.3, -0.25) is 0 Å². The molecular formula is C106H75B2Br2IO4. The molecule has 4 N–H and O–H groups in total. The third-order valence-electron chi connectivity index (χ3n) is 21.0. The Balaban J connectivity index is 0.000000117. The van der Waals surface area contributed by atoms with Crippen molar-refractivity contribution in [3.05, 3.63) is 443 Å². The van der Waals surface area contributed by atoms with Crippen LogP contribution in [0.3, 0.4) is 0 Å². The van der Waals surface area contributed by atoms with E-state index in [4.69, 9.17) is 0 Å². The molecule has 0 unspecified atom stereocenters. The molecule has 0 atom stereocenters. The van der Waals surface area contributed by atoms with E-state index in [1.807, 2.05) is 91.0 Å². The Labute approximate surface area is 701 Å². The Hall–Kier alpha value is -12.1. The fraction of sp³-hybridized carbons (Fsp3) is 0. The van der Waals surface area contributed by atoms with Crippen LogP contribution < -0.4 is 10.9 Å². The summed E-state index contributed by atoms with van der Waals surface area (Å²) < 4.78 is 3.51. The maximum atomic E-state index is 9.58. The minimum Gasteiger partial charge on any atom is -0.423 e. The number of benzene rings is 20. The van der Waals surface area contributed by atoms with E-state index >= 15 is 0 Å². The van der Waals surface area contributed by atoms with E-state index in [2.05, 4.69) is 376 Å². The van der Waals surface area contributed by atoms with Crippen LogP contribution in [0.15, 0.2) is 440 Å². The lowest BCUT2D eigenvalue weighted by Gasteiger charge is -2.13. The fourth-order valence-corrected chi connectivity index (χ4v) is 15.8. The van der Waals surface area contributed by atoms with Crippen LogP contribution in [-0.2, 0) is 0 Å². The van der Waals surface area contributed by atoms with Gasteiger partial charge in [0.05, 0.1) is 0 Å². The number of hydrogen-bond acceptors (Lipinski definition) is 4. The first-order chi connectivity index (χ1) is 56.4. The molecule has 0 aliphatic carbocycles. The van der Waals surface area contributed by atoms with Gasteiger partial charge in [-0.25, -0.2) is 0 Å². The first-order valence-electron chi connectivity index (χ1n) is 38.2. The van der Waals surface area contributed by atoms with Crippen molar-refractivity contribution < 1.29 is 20.1 Å². The lowest BCUT2D eigenvalue weighted by atomic mass is 9.76. The second kappa shape index (κ2) is 35.9. The van der Waals surface area contributed by atoms with E-state index in [1.165, 1.54) is 130 Å². The molecule has 0 fully saturated rings. The minimum atomic E-state index is -1.47. The lowest BCUT2D eigenvalue weighted by Crippen LogP contribution is -2.30. The Morgan fingerprint density at radius 1 is 0.183 bits per heavy atom. The molecule has 0 saturated heterocycles. The topological polar surface area (TPSA) is 80.9 Å². The van der Waals surface area contributed by atoms with Crippen LogP contribution in [0.25, 0.3) is 164 Å². The van der Waals surface area contributed by atoms with Gasteiger partial charge in [0, 0.05) is 12.5 Å². The van der Waals surface area contributed by atoms with Gasteiger partial charge in [-0.05, 0) is 277 Å².